The van der Waals surface area contributed by atoms with Crippen LogP contribution in [0.3, 0.4) is 0 Å². The topological polar surface area (TPSA) is 77.7 Å². The summed E-state index contributed by atoms with van der Waals surface area (Å²) in [5.74, 6) is -0.636. The van der Waals surface area contributed by atoms with Crippen LogP contribution in [-0.2, 0) is 9.53 Å². The van der Waals surface area contributed by atoms with E-state index in [1.54, 1.807) is 17.0 Å². The summed E-state index contributed by atoms with van der Waals surface area (Å²) >= 11 is 0. The van der Waals surface area contributed by atoms with Crippen molar-refractivity contribution in [3.05, 3.63) is 35.8 Å². The van der Waals surface area contributed by atoms with Crippen molar-refractivity contribution in [1.82, 2.24) is 20.1 Å². The number of H-pyrrole nitrogens is 1. The van der Waals surface area contributed by atoms with E-state index in [0.29, 0.717) is 36.1 Å². The van der Waals surface area contributed by atoms with Crippen LogP contribution in [0.4, 0.5) is 4.39 Å². The van der Waals surface area contributed by atoms with Crippen molar-refractivity contribution in [3.8, 4) is 0 Å². The highest BCUT2D eigenvalue weighted by molar-refractivity contribution is 5.98. The number of amides is 2. The molecule has 2 aromatic rings. The quantitative estimate of drug-likeness (QED) is 0.818. The molecule has 1 aromatic carbocycles. The van der Waals surface area contributed by atoms with Crippen molar-refractivity contribution in [2.75, 3.05) is 45.9 Å². The van der Waals surface area contributed by atoms with Crippen LogP contribution in [0.1, 0.15) is 16.9 Å². The zero-order valence-electron chi connectivity index (χ0n) is 15.0. The minimum absolute atomic E-state index is 0.0521. The molecule has 0 saturated carbocycles. The van der Waals surface area contributed by atoms with Gasteiger partial charge in [0.05, 0.1) is 19.3 Å². The Kier molecular flexibility index (Phi) is 5.09. The van der Waals surface area contributed by atoms with Crippen LogP contribution >= 0.6 is 0 Å². The van der Waals surface area contributed by atoms with Gasteiger partial charge in [0.25, 0.3) is 5.91 Å². The Bertz CT molecular complexity index is 847. The lowest BCUT2D eigenvalue weighted by Gasteiger charge is -2.28. The maximum atomic E-state index is 13.8. The van der Waals surface area contributed by atoms with Crippen molar-refractivity contribution < 1.29 is 18.7 Å². The van der Waals surface area contributed by atoms with E-state index >= 15 is 0 Å². The van der Waals surface area contributed by atoms with E-state index in [2.05, 4.69) is 15.2 Å². The molecule has 7 nitrogen and oxygen atoms in total. The summed E-state index contributed by atoms with van der Waals surface area (Å²) in [5.41, 5.74) is 0.879. The lowest BCUT2D eigenvalue weighted by molar-refractivity contribution is -0.128. The highest BCUT2D eigenvalue weighted by atomic mass is 19.1. The third kappa shape index (κ3) is 3.96. The standard InChI is InChI=1S/C19H23FN4O3/c20-15-2-1-3-16-14(15)11-17(22-16)19(26)21-13-10-18(25)24(12-13)5-4-23-6-8-27-9-7-23/h1-3,11,13,22H,4-10,12H2,(H,21,26). The predicted molar refractivity (Wildman–Crippen MR) is 98.0 cm³/mol. The van der Waals surface area contributed by atoms with Crippen molar-refractivity contribution in [1.29, 1.82) is 0 Å². The number of morpholine rings is 1. The molecule has 144 valence electrons. The van der Waals surface area contributed by atoms with Gasteiger partial charge in [0.1, 0.15) is 11.5 Å². The Morgan fingerprint density at radius 2 is 2.11 bits per heavy atom. The molecular weight excluding hydrogens is 351 g/mol. The van der Waals surface area contributed by atoms with Gasteiger partial charge in [0, 0.05) is 50.0 Å². The van der Waals surface area contributed by atoms with Crippen molar-refractivity contribution >= 4 is 22.7 Å². The maximum absolute atomic E-state index is 13.8. The van der Waals surface area contributed by atoms with Crippen LogP contribution < -0.4 is 5.32 Å². The number of rotatable bonds is 5. The van der Waals surface area contributed by atoms with Crippen LogP contribution in [0.5, 0.6) is 0 Å². The summed E-state index contributed by atoms with van der Waals surface area (Å²) in [6, 6.07) is 5.96. The molecule has 1 atom stereocenters. The molecule has 27 heavy (non-hydrogen) atoms. The first kappa shape index (κ1) is 17.9. The number of likely N-dealkylation sites (tertiary alicyclic amines) is 1. The molecule has 0 radical (unpaired) electrons. The second-order valence-corrected chi connectivity index (χ2v) is 7.05. The van der Waals surface area contributed by atoms with Crippen LogP contribution in [-0.4, -0.2) is 78.6 Å². The van der Waals surface area contributed by atoms with Gasteiger partial charge in [-0.1, -0.05) is 6.07 Å². The Hall–Kier alpha value is -2.45. The molecule has 2 saturated heterocycles. The molecule has 0 bridgehead atoms. The first-order valence-corrected chi connectivity index (χ1v) is 9.26. The van der Waals surface area contributed by atoms with Gasteiger partial charge in [-0.25, -0.2) is 4.39 Å². The van der Waals surface area contributed by atoms with Gasteiger partial charge in [-0.2, -0.15) is 0 Å². The second-order valence-electron chi connectivity index (χ2n) is 7.05. The SMILES string of the molecule is O=C(NC1CC(=O)N(CCN2CCOCC2)C1)c1cc2c(F)cccc2[nH]1. The monoisotopic (exact) mass is 374 g/mol. The average Bonchev–Trinajstić information content (AvgIpc) is 3.25. The fourth-order valence-corrected chi connectivity index (χ4v) is 3.68. The van der Waals surface area contributed by atoms with Crippen LogP contribution in [0.25, 0.3) is 10.9 Å². The minimum Gasteiger partial charge on any atom is -0.379 e. The smallest absolute Gasteiger partial charge is 0.268 e. The molecule has 1 aromatic heterocycles. The zero-order valence-corrected chi connectivity index (χ0v) is 15.0. The van der Waals surface area contributed by atoms with E-state index in [-0.39, 0.29) is 23.7 Å². The van der Waals surface area contributed by atoms with Gasteiger partial charge in [-0.15, -0.1) is 0 Å². The number of benzene rings is 1. The van der Waals surface area contributed by atoms with E-state index in [0.717, 1.165) is 32.8 Å². The average molecular weight is 374 g/mol. The molecule has 2 N–H and O–H groups in total. The summed E-state index contributed by atoms with van der Waals surface area (Å²) in [4.78, 5) is 31.7. The molecule has 2 amide bonds. The summed E-state index contributed by atoms with van der Waals surface area (Å²) < 4.78 is 19.1. The van der Waals surface area contributed by atoms with Gasteiger partial charge in [0.2, 0.25) is 5.91 Å². The van der Waals surface area contributed by atoms with E-state index in [4.69, 9.17) is 4.74 Å². The third-order valence-corrected chi connectivity index (χ3v) is 5.20. The Morgan fingerprint density at radius 1 is 1.30 bits per heavy atom. The number of hydrogen-bond acceptors (Lipinski definition) is 4. The Balaban J connectivity index is 1.33. The van der Waals surface area contributed by atoms with E-state index < -0.39 is 0 Å². The van der Waals surface area contributed by atoms with Gasteiger partial charge in [-0.05, 0) is 18.2 Å². The van der Waals surface area contributed by atoms with Crippen molar-refractivity contribution in [3.63, 3.8) is 0 Å². The summed E-state index contributed by atoms with van der Waals surface area (Å²) in [5, 5.41) is 3.27. The van der Waals surface area contributed by atoms with Crippen molar-refractivity contribution in [2.45, 2.75) is 12.5 Å². The number of nitrogens with one attached hydrogen (secondary N) is 2. The number of halogens is 1. The molecule has 0 spiro atoms. The Morgan fingerprint density at radius 3 is 2.89 bits per heavy atom. The van der Waals surface area contributed by atoms with Crippen LogP contribution in [0, 0.1) is 5.82 Å². The largest absolute Gasteiger partial charge is 0.379 e. The molecule has 4 rings (SSSR count). The molecule has 2 aliphatic heterocycles. The van der Waals surface area contributed by atoms with Gasteiger partial charge in [0.15, 0.2) is 0 Å². The number of hydrogen-bond donors (Lipinski definition) is 2. The van der Waals surface area contributed by atoms with Crippen molar-refractivity contribution in [2.24, 2.45) is 0 Å². The highest BCUT2D eigenvalue weighted by Gasteiger charge is 2.31. The molecular formula is C19H23FN4O3. The second kappa shape index (κ2) is 7.66. The molecule has 1 unspecified atom stereocenters. The fourth-order valence-electron chi connectivity index (χ4n) is 3.68. The number of fused-ring (bicyclic) bond motifs is 1. The maximum Gasteiger partial charge on any atom is 0.268 e. The van der Waals surface area contributed by atoms with E-state index in [1.807, 2.05) is 0 Å². The van der Waals surface area contributed by atoms with E-state index in [9.17, 15) is 14.0 Å². The third-order valence-electron chi connectivity index (χ3n) is 5.20. The van der Waals surface area contributed by atoms with Gasteiger partial charge in [-0.3, -0.25) is 14.5 Å². The number of aromatic nitrogens is 1. The number of nitrogens with zero attached hydrogens (tertiary/aromatic N) is 2. The first-order valence-electron chi connectivity index (χ1n) is 9.26. The van der Waals surface area contributed by atoms with Crippen LogP contribution in [0.15, 0.2) is 24.3 Å². The number of ether oxygens (including phenoxy) is 1. The molecule has 2 aliphatic rings. The highest BCUT2D eigenvalue weighted by Crippen LogP contribution is 2.19. The molecule has 2 fully saturated rings. The predicted octanol–water partition coefficient (Wildman–Crippen LogP) is 0.970. The molecule has 3 heterocycles. The summed E-state index contributed by atoms with van der Waals surface area (Å²) in [7, 11) is 0. The zero-order chi connectivity index (χ0) is 18.8. The lowest BCUT2D eigenvalue weighted by atomic mass is 10.2. The van der Waals surface area contributed by atoms with Crippen LogP contribution in [0.2, 0.25) is 0 Å². The number of carbonyl (C=O) groups is 2. The number of aromatic amines is 1. The molecule has 8 heteroatoms. The van der Waals surface area contributed by atoms with Gasteiger partial charge >= 0.3 is 0 Å². The normalized spacial score (nSPS) is 21.1. The minimum atomic E-state index is -0.367. The number of carbonyl (C=O) groups excluding carboxylic acids is 2. The fraction of sp³-hybridized carbons (Fsp3) is 0.474. The van der Waals surface area contributed by atoms with E-state index in [1.165, 1.54) is 12.1 Å². The van der Waals surface area contributed by atoms with Gasteiger partial charge < -0.3 is 19.9 Å². The molecule has 0 aliphatic carbocycles. The Labute approximate surface area is 156 Å². The first-order chi connectivity index (χ1) is 13.1. The lowest BCUT2D eigenvalue weighted by Crippen LogP contribution is -2.42. The summed E-state index contributed by atoms with van der Waals surface area (Å²) in [6.45, 7) is 5.22. The summed E-state index contributed by atoms with van der Waals surface area (Å²) in [6.07, 6.45) is 0.295.